The summed E-state index contributed by atoms with van der Waals surface area (Å²) < 4.78 is 2.08. The molecule has 0 radical (unpaired) electrons. The molecule has 0 aliphatic heterocycles. The number of benzene rings is 3. The minimum absolute atomic E-state index is 0.183. The van der Waals surface area contributed by atoms with Crippen LogP contribution in [0.25, 0.3) is 22.3 Å². The zero-order chi connectivity index (χ0) is 23.0. The Morgan fingerprint density at radius 1 is 0.647 bits per heavy atom. The van der Waals surface area contributed by atoms with Gasteiger partial charge in [0.2, 0.25) is 0 Å². The van der Waals surface area contributed by atoms with E-state index in [1.807, 2.05) is 6.20 Å². The Morgan fingerprint density at radius 2 is 1.26 bits per heavy atom. The van der Waals surface area contributed by atoms with Gasteiger partial charge < -0.3 is 0 Å². The van der Waals surface area contributed by atoms with Crippen molar-refractivity contribution in [2.75, 3.05) is 0 Å². The Bertz CT molecular complexity index is 1400. The van der Waals surface area contributed by atoms with E-state index in [-0.39, 0.29) is 5.41 Å². The molecule has 2 heteroatoms. The molecule has 6 rings (SSSR count). The van der Waals surface area contributed by atoms with Gasteiger partial charge in [0.15, 0.2) is 12.4 Å². The molecule has 0 amide bonds. The highest BCUT2D eigenvalue weighted by Crippen LogP contribution is 2.52. The molecule has 0 fully saturated rings. The molecule has 34 heavy (non-hydrogen) atoms. The molecule has 164 valence electrons. The van der Waals surface area contributed by atoms with E-state index in [4.69, 9.17) is 0 Å². The summed E-state index contributed by atoms with van der Waals surface area (Å²) in [5.41, 5.74) is 10.4. The van der Waals surface area contributed by atoms with Crippen molar-refractivity contribution in [1.29, 1.82) is 0 Å². The summed E-state index contributed by atoms with van der Waals surface area (Å²) in [6.45, 7) is 0. The van der Waals surface area contributed by atoms with Crippen LogP contribution in [-0.4, -0.2) is 4.98 Å². The second-order valence-electron chi connectivity index (χ2n) is 9.34. The van der Waals surface area contributed by atoms with Crippen molar-refractivity contribution in [3.05, 3.63) is 144 Å². The van der Waals surface area contributed by atoms with Crippen LogP contribution in [-0.2, 0) is 25.3 Å². The predicted molar refractivity (Wildman–Crippen MR) is 137 cm³/mol. The SMILES string of the molecule is C[n+]1ccc(-c2ccc3c(c2)C(Cc2ccccc2)(Cc2ccccc2)c2cnccc2-3)cc1. The minimum atomic E-state index is -0.183. The van der Waals surface area contributed by atoms with Gasteiger partial charge in [-0.05, 0) is 69.5 Å². The first-order chi connectivity index (χ1) is 16.7. The fourth-order valence-electron chi connectivity index (χ4n) is 5.54. The monoisotopic (exact) mass is 439 g/mol. The normalized spacial score (nSPS) is 13.3. The van der Waals surface area contributed by atoms with Crippen molar-refractivity contribution >= 4 is 0 Å². The first-order valence-electron chi connectivity index (χ1n) is 11.9. The molecule has 0 unspecified atom stereocenters. The number of hydrogen-bond acceptors (Lipinski definition) is 1. The van der Waals surface area contributed by atoms with Gasteiger partial charge >= 0.3 is 0 Å². The smallest absolute Gasteiger partial charge is 0.169 e. The molecule has 3 aromatic carbocycles. The van der Waals surface area contributed by atoms with Gasteiger partial charge in [0.1, 0.15) is 7.05 Å². The van der Waals surface area contributed by atoms with Gasteiger partial charge in [-0.1, -0.05) is 72.8 Å². The van der Waals surface area contributed by atoms with E-state index in [0.717, 1.165) is 12.8 Å². The number of aromatic nitrogens is 2. The molecule has 1 aliphatic carbocycles. The minimum Gasteiger partial charge on any atom is -0.264 e. The number of nitrogens with zero attached hydrogens (tertiary/aromatic N) is 2. The average Bonchev–Trinajstić information content (AvgIpc) is 3.15. The van der Waals surface area contributed by atoms with Crippen molar-refractivity contribution in [2.45, 2.75) is 18.3 Å². The third kappa shape index (κ3) is 3.52. The first-order valence-corrected chi connectivity index (χ1v) is 11.9. The molecule has 2 aromatic heterocycles. The summed E-state index contributed by atoms with van der Waals surface area (Å²) in [6, 6.07) is 35.4. The van der Waals surface area contributed by atoms with Crippen molar-refractivity contribution in [3.8, 4) is 22.3 Å². The van der Waals surface area contributed by atoms with Gasteiger partial charge in [-0.2, -0.15) is 0 Å². The lowest BCUT2D eigenvalue weighted by molar-refractivity contribution is -0.671. The van der Waals surface area contributed by atoms with Crippen LogP contribution in [0.4, 0.5) is 0 Å². The van der Waals surface area contributed by atoms with E-state index in [9.17, 15) is 0 Å². The van der Waals surface area contributed by atoms with E-state index in [2.05, 4.69) is 132 Å². The number of hydrogen-bond donors (Lipinski definition) is 0. The highest BCUT2D eigenvalue weighted by molar-refractivity contribution is 5.84. The quantitative estimate of drug-likeness (QED) is 0.293. The molecule has 0 atom stereocenters. The summed E-state index contributed by atoms with van der Waals surface area (Å²) in [6.07, 6.45) is 10.1. The lowest BCUT2D eigenvalue weighted by Gasteiger charge is -2.33. The molecule has 5 aromatic rings. The molecule has 1 aliphatic rings. The summed E-state index contributed by atoms with van der Waals surface area (Å²) in [7, 11) is 2.06. The standard InChI is InChI=1S/C32H27N2/c1-34-18-15-26(16-19-34)27-12-13-28-29-14-17-33-23-31(29)32(30(28)20-27,21-24-8-4-2-5-9-24)22-25-10-6-3-7-11-25/h2-20,23H,21-22H2,1H3/q+1. The van der Waals surface area contributed by atoms with Gasteiger partial charge in [0, 0.05) is 29.9 Å². The van der Waals surface area contributed by atoms with E-state index < -0.39 is 0 Å². The number of pyridine rings is 2. The maximum Gasteiger partial charge on any atom is 0.169 e. The van der Waals surface area contributed by atoms with Crippen molar-refractivity contribution < 1.29 is 4.57 Å². The van der Waals surface area contributed by atoms with Gasteiger partial charge in [0.05, 0.1) is 0 Å². The van der Waals surface area contributed by atoms with Crippen molar-refractivity contribution in [2.24, 2.45) is 7.05 Å². The van der Waals surface area contributed by atoms with Crippen LogP contribution in [0, 0.1) is 0 Å². The molecule has 0 saturated heterocycles. The molecule has 0 N–H and O–H groups in total. The fraction of sp³-hybridized carbons (Fsp3) is 0.125. The molecule has 0 saturated carbocycles. The number of rotatable bonds is 5. The highest BCUT2D eigenvalue weighted by Gasteiger charge is 2.43. The largest absolute Gasteiger partial charge is 0.264 e. The highest BCUT2D eigenvalue weighted by atomic mass is 14.9. The van der Waals surface area contributed by atoms with Gasteiger partial charge in [-0.3, -0.25) is 4.98 Å². The summed E-state index contributed by atoms with van der Waals surface area (Å²) in [4.78, 5) is 4.61. The maximum atomic E-state index is 4.61. The molecule has 2 heterocycles. The lowest BCUT2D eigenvalue weighted by atomic mass is 9.69. The Morgan fingerprint density at radius 3 is 1.91 bits per heavy atom. The van der Waals surface area contributed by atoms with Crippen molar-refractivity contribution in [1.82, 2.24) is 4.98 Å². The third-order valence-corrected chi connectivity index (χ3v) is 7.17. The Balaban J connectivity index is 1.59. The first kappa shape index (κ1) is 20.6. The summed E-state index contributed by atoms with van der Waals surface area (Å²) in [5, 5.41) is 0. The Kier molecular flexibility index (Phi) is 5.07. The lowest BCUT2D eigenvalue weighted by Crippen LogP contribution is -2.31. The zero-order valence-electron chi connectivity index (χ0n) is 19.4. The predicted octanol–water partition coefficient (Wildman–Crippen LogP) is 6.33. The summed E-state index contributed by atoms with van der Waals surface area (Å²) in [5.74, 6) is 0. The van der Waals surface area contributed by atoms with Crippen LogP contribution >= 0.6 is 0 Å². The van der Waals surface area contributed by atoms with Crippen LogP contribution in [0.3, 0.4) is 0 Å². The zero-order valence-corrected chi connectivity index (χ0v) is 19.4. The van der Waals surface area contributed by atoms with Crippen molar-refractivity contribution in [3.63, 3.8) is 0 Å². The van der Waals surface area contributed by atoms with Crippen LogP contribution in [0.15, 0.2) is 122 Å². The molecular formula is C32H27N2+. The Labute approximate surface area is 201 Å². The van der Waals surface area contributed by atoms with Crippen LogP contribution in [0.5, 0.6) is 0 Å². The van der Waals surface area contributed by atoms with E-state index in [0.29, 0.717) is 0 Å². The van der Waals surface area contributed by atoms with E-state index in [1.165, 1.54) is 44.5 Å². The molecule has 0 bridgehead atoms. The molecule has 0 spiro atoms. The summed E-state index contributed by atoms with van der Waals surface area (Å²) >= 11 is 0. The van der Waals surface area contributed by atoms with E-state index >= 15 is 0 Å². The van der Waals surface area contributed by atoms with Crippen LogP contribution in [0.1, 0.15) is 22.3 Å². The number of fused-ring (bicyclic) bond motifs is 3. The van der Waals surface area contributed by atoms with E-state index in [1.54, 1.807) is 0 Å². The van der Waals surface area contributed by atoms with Gasteiger partial charge in [-0.15, -0.1) is 0 Å². The second kappa shape index (κ2) is 8.39. The molecule has 2 nitrogen and oxygen atoms in total. The second-order valence-corrected chi connectivity index (χ2v) is 9.34. The third-order valence-electron chi connectivity index (χ3n) is 7.17. The van der Waals surface area contributed by atoms with Gasteiger partial charge in [-0.25, -0.2) is 4.57 Å². The maximum absolute atomic E-state index is 4.61. The van der Waals surface area contributed by atoms with Crippen LogP contribution in [0.2, 0.25) is 0 Å². The Hall–Kier alpha value is -4.04. The number of aryl methyl sites for hydroxylation is 1. The molecular weight excluding hydrogens is 412 g/mol. The van der Waals surface area contributed by atoms with Gasteiger partial charge in [0.25, 0.3) is 0 Å². The average molecular weight is 440 g/mol. The van der Waals surface area contributed by atoms with Crippen LogP contribution < -0.4 is 4.57 Å². The topological polar surface area (TPSA) is 16.8 Å². The fourth-order valence-corrected chi connectivity index (χ4v) is 5.54.